The van der Waals surface area contributed by atoms with Gasteiger partial charge in [0.15, 0.2) is 0 Å². The van der Waals surface area contributed by atoms with Gasteiger partial charge in [0.05, 0.1) is 12.7 Å². The number of aryl methyl sites for hydroxylation is 1. The van der Waals surface area contributed by atoms with Crippen molar-refractivity contribution in [2.75, 3.05) is 7.11 Å². The van der Waals surface area contributed by atoms with Crippen molar-refractivity contribution in [2.24, 2.45) is 0 Å². The van der Waals surface area contributed by atoms with E-state index in [0.29, 0.717) is 0 Å². The van der Waals surface area contributed by atoms with Crippen LogP contribution in [0.4, 0.5) is 0 Å². The number of methoxy groups -OCH3 is 1. The normalized spacial score (nSPS) is 10.3. The molecule has 0 fully saturated rings. The summed E-state index contributed by atoms with van der Waals surface area (Å²) in [6, 6.07) is 5.74. The van der Waals surface area contributed by atoms with Gasteiger partial charge in [0.25, 0.3) is 0 Å². The molecule has 0 aliphatic rings. The van der Waals surface area contributed by atoms with Crippen LogP contribution in [0, 0.1) is 6.92 Å². The summed E-state index contributed by atoms with van der Waals surface area (Å²) in [4.78, 5) is 0. The van der Waals surface area contributed by atoms with Crippen LogP contribution >= 0.6 is 0 Å². The molecule has 0 amide bonds. The van der Waals surface area contributed by atoms with E-state index in [1.165, 1.54) is 0 Å². The zero-order chi connectivity index (χ0) is 12.1. The van der Waals surface area contributed by atoms with Gasteiger partial charge >= 0.3 is 0 Å². The Morgan fingerprint density at radius 2 is 1.73 bits per heavy atom. The highest BCUT2D eigenvalue weighted by Crippen LogP contribution is 2.26. The molecule has 1 N–H and O–H groups in total. The van der Waals surface area contributed by atoms with Gasteiger partial charge in [0.2, 0.25) is 0 Å². The minimum atomic E-state index is -0.805. The third-order valence-electron chi connectivity index (χ3n) is 2.11. The van der Waals surface area contributed by atoms with Crippen molar-refractivity contribution in [3.05, 3.63) is 29.3 Å². The van der Waals surface area contributed by atoms with E-state index in [9.17, 15) is 5.11 Å². The average Bonchev–Trinajstić information content (AvgIpc) is 2.20. The van der Waals surface area contributed by atoms with Crippen molar-refractivity contribution in [3.63, 3.8) is 0 Å². The third-order valence-corrected chi connectivity index (χ3v) is 2.11. The lowest BCUT2D eigenvalue weighted by Gasteiger charge is -2.19. The summed E-state index contributed by atoms with van der Waals surface area (Å²) < 4.78 is 5.17. The van der Waals surface area contributed by atoms with Gasteiger partial charge in [0.1, 0.15) is 5.75 Å². The van der Waals surface area contributed by atoms with Gasteiger partial charge in [-0.05, 0) is 38.0 Å². The first-order chi connectivity index (χ1) is 6.95. The van der Waals surface area contributed by atoms with Gasteiger partial charge in [-0.15, -0.1) is 0 Å². The van der Waals surface area contributed by atoms with Gasteiger partial charge in [-0.3, -0.25) is 0 Å². The number of aliphatic hydroxyl groups is 1. The number of hydrogen-bond donors (Lipinski definition) is 1. The van der Waals surface area contributed by atoms with Gasteiger partial charge in [-0.1, -0.05) is 26.0 Å². The second-order valence-electron chi connectivity index (χ2n) is 3.74. The number of ether oxygens (including phenoxy) is 1. The van der Waals surface area contributed by atoms with E-state index in [0.717, 1.165) is 16.9 Å². The fraction of sp³-hybridized carbons (Fsp3) is 0.538. The number of benzene rings is 1. The Balaban J connectivity index is 0.000000921. The quantitative estimate of drug-likeness (QED) is 0.812. The topological polar surface area (TPSA) is 29.5 Å². The van der Waals surface area contributed by atoms with Crippen LogP contribution in [0.5, 0.6) is 5.75 Å². The van der Waals surface area contributed by atoms with E-state index >= 15 is 0 Å². The fourth-order valence-corrected chi connectivity index (χ4v) is 1.20. The molecule has 0 aromatic heterocycles. The molecule has 0 atom stereocenters. The van der Waals surface area contributed by atoms with Gasteiger partial charge in [-0.2, -0.15) is 0 Å². The molecule has 15 heavy (non-hydrogen) atoms. The lowest BCUT2D eigenvalue weighted by atomic mass is 9.97. The summed E-state index contributed by atoms with van der Waals surface area (Å²) in [6.45, 7) is 9.50. The average molecular weight is 210 g/mol. The summed E-state index contributed by atoms with van der Waals surface area (Å²) >= 11 is 0. The van der Waals surface area contributed by atoms with Crippen LogP contribution in [-0.2, 0) is 5.60 Å². The van der Waals surface area contributed by atoms with Crippen LogP contribution in [0.3, 0.4) is 0 Å². The Morgan fingerprint density at radius 1 is 1.20 bits per heavy atom. The van der Waals surface area contributed by atoms with E-state index in [4.69, 9.17) is 4.74 Å². The number of hydrogen-bond acceptors (Lipinski definition) is 2. The summed E-state index contributed by atoms with van der Waals surface area (Å²) in [5.41, 5.74) is 1.14. The van der Waals surface area contributed by atoms with Gasteiger partial charge in [-0.25, -0.2) is 0 Å². The van der Waals surface area contributed by atoms with Gasteiger partial charge in [0, 0.05) is 0 Å². The van der Waals surface area contributed by atoms with Crippen LogP contribution in [0.1, 0.15) is 38.8 Å². The molecule has 1 aromatic rings. The summed E-state index contributed by atoms with van der Waals surface area (Å²) in [6.07, 6.45) is 0. The molecule has 2 heteroatoms. The van der Waals surface area contributed by atoms with Crippen LogP contribution < -0.4 is 4.74 Å². The lowest BCUT2D eigenvalue weighted by Crippen LogP contribution is -2.15. The minimum Gasteiger partial charge on any atom is -0.496 e. The smallest absolute Gasteiger partial charge is 0.122 e. The molecule has 0 aliphatic carbocycles. The zero-order valence-corrected chi connectivity index (χ0v) is 10.6. The highest BCUT2D eigenvalue weighted by molar-refractivity contribution is 5.38. The number of rotatable bonds is 2. The Kier molecular flexibility index (Phi) is 5.37. The lowest BCUT2D eigenvalue weighted by molar-refractivity contribution is 0.0783. The van der Waals surface area contributed by atoms with E-state index in [1.54, 1.807) is 21.0 Å². The second-order valence-corrected chi connectivity index (χ2v) is 3.74. The molecule has 0 radical (unpaired) electrons. The van der Waals surface area contributed by atoms with Crippen LogP contribution in [0.25, 0.3) is 0 Å². The molecule has 0 aliphatic heterocycles. The largest absolute Gasteiger partial charge is 0.496 e. The SMILES string of the molecule is CC.COc1cc(C(C)(C)O)ccc1C. The third kappa shape index (κ3) is 3.92. The maximum absolute atomic E-state index is 9.74. The van der Waals surface area contributed by atoms with E-state index < -0.39 is 5.60 Å². The van der Waals surface area contributed by atoms with Crippen molar-refractivity contribution >= 4 is 0 Å². The molecule has 0 spiro atoms. The fourth-order valence-electron chi connectivity index (χ4n) is 1.20. The summed E-state index contributed by atoms with van der Waals surface area (Å²) in [5.74, 6) is 0.819. The van der Waals surface area contributed by atoms with Crippen molar-refractivity contribution in [1.29, 1.82) is 0 Å². The second kappa shape index (κ2) is 5.76. The van der Waals surface area contributed by atoms with Crippen LogP contribution in [0.2, 0.25) is 0 Å². The standard InChI is InChI=1S/C11H16O2.C2H6/c1-8-5-6-9(11(2,3)12)7-10(8)13-4;1-2/h5-7,12H,1-4H3;1-2H3. The first-order valence-electron chi connectivity index (χ1n) is 5.32. The maximum Gasteiger partial charge on any atom is 0.122 e. The molecule has 1 rings (SSSR count). The predicted octanol–water partition coefficient (Wildman–Crippen LogP) is 3.26. The highest BCUT2D eigenvalue weighted by Gasteiger charge is 2.16. The molecule has 0 bridgehead atoms. The molecule has 0 unspecified atom stereocenters. The molecular formula is C13H22O2. The summed E-state index contributed by atoms with van der Waals surface area (Å²) in [5, 5.41) is 9.74. The maximum atomic E-state index is 9.74. The molecule has 0 saturated heterocycles. The Labute approximate surface area is 92.9 Å². The Bertz CT molecular complexity index is 298. The van der Waals surface area contributed by atoms with Crippen molar-refractivity contribution in [3.8, 4) is 5.75 Å². The minimum absolute atomic E-state index is 0.805. The van der Waals surface area contributed by atoms with Crippen molar-refractivity contribution < 1.29 is 9.84 Å². The molecule has 1 aromatic carbocycles. The highest BCUT2D eigenvalue weighted by atomic mass is 16.5. The van der Waals surface area contributed by atoms with E-state index in [2.05, 4.69) is 0 Å². The monoisotopic (exact) mass is 210 g/mol. The predicted molar refractivity (Wildman–Crippen MR) is 64.3 cm³/mol. The Morgan fingerprint density at radius 3 is 2.13 bits per heavy atom. The molecule has 86 valence electrons. The van der Waals surface area contributed by atoms with Crippen molar-refractivity contribution in [2.45, 2.75) is 40.2 Å². The zero-order valence-electron chi connectivity index (χ0n) is 10.6. The molecular weight excluding hydrogens is 188 g/mol. The van der Waals surface area contributed by atoms with E-state index in [-0.39, 0.29) is 0 Å². The first-order valence-corrected chi connectivity index (χ1v) is 5.32. The summed E-state index contributed by atoms with van der Waals surface area (Å²) in [7, 11) is 1.64. The van der Waals surface area contributed by atoms with Crippen LogP contribution in [0.15, 0.2) is 18.2 Å². The molecule has 0 heterocycles. The van der Waals surface area contributed by atoms with Crippen LogP contribution in [-0.4, -0.2) is 12.2 Å². The first kappa shape index (κ1) is 14.0. The van der Waals surface area contributed by atoms with Crippen molar-refractivity contribution in [1.82, 2.24) is 0 Å². The molecule has 0 saturated carbocycles. The molecule has 2 nitrogen and oxygen atoms in total. The Hall–Kier alpha value is -1.02. The van der Waals surface area contributed by atoms with E-state index in [1.807, 2.05) is 39.0 Å². The van der Waals surface area contributed by atoms with Gasteiger partial charge < -0.3 is 9.84 Å².